The molecule has 1 aromatic rings. The van der Waals surface area contributed by atoms with Crippen molar-refractivity contribution in [3.8, 4) is 0 Å². The molecule has 0 bridgehead atoms. The van der Waals surface area contributed by atoms with E-state index in [0.717, 1.165) is 38.2 Å². The van der Waals surface area contributed by atoms with Crippen molar-refractivity contribution in [1.82, 2.24) is 14.7 Å². The third kappa shape index (κ3) is 3.15. The molecule has 0 unspecified atom stereocenters. The van der Waals surface area contributed by atoms with E-state index in [1.807, 2.05) is 20.2 Å². The fraction of sp³-hybridized carbons (Fsp3) is 0.588. The normalized spacial score (nSPS) is 25.3. The minimum absolute atomic E-state index is 0.191. The van der Waals surface area contributed by atoms with E-state index >= 15 is 0 Å². The van der Waals surface area contributed by atoms with Crippen molar-refractivity contribution in [1.29, 1.82) is 0 Å². The zero-order valence-electron chi connectivity index (χ0n) is 13.3. The van der Waals surface area contributed by atoms with Crippen LogP contribution in [0.2, 0.25) is 0 Å². The van der Waals surface area contributed by atoms with Crippen molar-refractivity contribution >= 4 is 5.91 Å². The highest BCUT2D eigenvalue weighted by Crippen LogP contribution is 2.33. The average Bonchev–Trinajstić information content (AvgIpc) is 2.96. The second-order valence-electron chi connectivity index (χ2n) is 6.62. The number of benzene rings is 1. The quantitative estimate of drug-likeness (QED) is 0.826. The molecule has 1 amide bonds. The van der Waals surface area contributed by atoms with Crippen LogP contribution in [0.1, 0.15) is 18.4 Å². The summed E-state index contributed by atoms with van der Waals surface area (Å²) in [4.78, 5) is 18.8. The number of carbonyl (C=O) groups excluding carboxylic acids is 1. The van der Waals surface area contributed by atoms with E-state index in [2.05, 4.69) is 14.7 Å². The van der Waals surface area contributed by atoms with E-state index in [1.54, 1.807) is 12.1 Å². The Balaban J connectivity index is 1.65. The largest absolute Gasteiger partial charge is 0.337 e. The number of hydrogen-bond acceptors (Lipinski definition) is 3. The Morgan fingerprint density at radius 2 is 2.14 bits per heavy atom. The van der Waals surface area contributed by atoms with E-state index in [4.69, 9.17) is 0 Å². The Bertz CT molecular complexity index is 548. The summed E-state index contributed by atoms with van der Waals surface area (Å²) in [6, 6.07) is 7.39. The Labute approximate surface area is 131 Å². The van der Waals surface area contributed by atoms with E-state index in [9.17, 15) is 9.18 Å². The first-order chi connectivity index (χ1) is 10.5. The Morgan fingerprint density at radius 1 is 1.32 bits per heavy atom. The van der Waals surface area contributed by atoms with Crippen LogP contribution >= 0.6 is 0 Å². The topological polar surface area (TPSA) is 26.8 Å². The molecular weight excluding hydrogens is 281 g/mol. The fourth-order valence-electron chi connectivity index (χ4n) is 3.67. The van der Waals surface area contributed by atoms with Crippen molar-refractivity contribution in [3.63, 3.8) is 0 Å². The number of rotatable bonds is 5. The van der Waals surface area contributed by atoms with Gasteiger partial charge in [-0.15, -0.1) is 0 Å². The summed E-state index contributed by atoms with van der Waals surface area (Å²) in [5.41, 5.74) is 0.986. The van der Waals surface area contributed by atoms with E-state index in [0.29, 0.717) is 12.5 Å². The lowest BCUT2D eigenvalue weighted by atomic mass is 10.1. The van der Waals surface area contributed by atoms with Gasteiger partial charge in [0.15, 0.2) is 0 Å². The van der Waals surface area contributed by atoms with Crippen LogP contribution in [0, 0.1) is 5.82 Å². The summed E-state index contributed by atoms with van der Waals surface area (Å²) in [7, 11) is 4.06. The molecule has 0 N–H and O–H groups in total. The maximum absolute atomic E-state index is 13.3. The van der Waals surface area contributed by atoms with Gasteiger partial charge in [-0.05, 0) is 38.2 Å². The first kappa shape index (κ1) is 15.4. The van der Waals surface area contributed by atoms with Crippen molar-refractivity contribution < 1.29 is 9.18 Å². The van der Waals surface area contributed by atoms with Crippen LogP contribution in [0.3, 0.4) is 0 Å². The van der Waals surface area contributed by atoms with Gasteiger partial charge in [-0.1, -0.05) is 12.1 Å². The van der Waals surface area contributed by atoms with Crippen LogP contribution in [0.5, 0.6) is 0 Å². The molecule has 2 aliphatic heterocycles. The van der Waals surface area contributed by atoms with Gasteiger partial charge < -0.3 is 9.80 Å². The van der Waals surface area contributed by atoms with Crippen LogP contribution in [0.25, 0.3) is 0 Å². The molecule has 4 nitrogen and oxygen atoms in total. The van der Waals surface area contributed by atoms with Gasteiger partial charge in [0.1, 0.15) is 5.82 Å². The molecule has 0 spiro atoms. The molecule has 2 saturated heterocycles. The minimum atomic E-state index is -0.191. The molecule has 0 saturated carbocycles. The molecule has 120 valence electrons. The van der Waals surface area contributed by atoms with Gasteiger partial charge in [-0.3, -0.25) is 9.69 Å². The molecule has 3 rings (SSSR count). The Morgan fingerprint density at radius 3 is 2.86 bits per heavy atom. The zero-order chi connectivity index (χ0) is 15.7. The second kappa shape index (κ2) is 6.34. The summed E-state index contributed by atoms with van der Waals surface area (Å²) < 4.78 is 13.3. The lowest BCUT2D eigenvalue weighted by Gasteiger charge is -2.26. The van der Waals surface area contributed by atoms with Crippen LogP contribution in [-0.4, -0.2) is 66.4 Å². The van der Waals surface area contributed by atoms with E-state index in [-0.39, 0.29) is 17.8 Å². The van der Waals surface area contributed by atoms with Gasteiger partial charge in [-0.2, -0.15) is 0 Å². The van der Waals surface area contributed by atoms with E-state index in [1.165, 1.54) is 6.07 Å². The standard InChI is InChI=1S/C17H24FN3O/c1-19(2)8-9-21-15-6-7-20(16(15)11-17(21)22)12-13-4-3-5-14(18)10-13/h3-5,10,15-16H,6-9,11-12H2,1-2H3/t15-,16+/m1/s1. The highest BCUT2D eigenvalue weighted by molar-refractivity contribution is 5.80. The van der Waals surface area contributed by atoms with Crippen molar-refractivity contribution in [3.05, 3.63) is 35.6 Å². The van der Waals surface area contributed by atoms with Crippen molar-refractivity contribution in [2.75, 3.05) is 33.7 Å². The predicted octanol–water partition coefficient (Wildman–Crippen LogP) is 1.56. The van der Waals surface area contributed by atoms with Gasteiger partial charge in [-0.25, -0.2) is 4.39 Å². The third-order valence-corrected chi connectivity index (χ3v) is 4.79. The van der Waals surface area contributed by atoms with Gasteiger partial charge in [0.2, 0.25) is 5.91 Å². The molecule has 1 aromatic carbocycles. The number of carbonyl (C=O) groups is 1. The SMILES string of the molecule is CN(C)CCN1C(=O)C[C@H]2[C@H]1CCN2Cc1cccc(F)c1. The second-order valence-corrected chi connectivity index (χ2v) is 6.62. The lowest BCUT2D eigenvalue weighted by molar-refractivity contribution is -0.129. The summed E-state index contributed by atoms with van der Waals surface area (Å²) in [5, 5.41) is 0. The number of amides is 1. The number of fused-ring (bicyclic) bond motifs is 1. The summed E-state index contributed by atoms with van der Waals surface area (Å²) in [6.45, 7) is 3.42. The lowest BCUT2D eigenvalue weighted by Crippen LogP contribution is -2.40. The highest BCUT2D eigenvalue weighted by atomic mass is 19.1. The number of likely N-dealkylation sites (tertiary alicyclic amines) is 2. The smallest absolute Gasteiger partial charge is 0.224 e. The van der Waals surface area contributed by atoms with Gasteiger partial charge in [0.25, 0.3) is 0 Å². The minimum Gasteiger partial charge on any atom is -0.337 e. The monoisotopic (exact) mass is 305 g/mol. The number of halogens is 1. The van der Waals surface area contributed by atoms with Gasteiger partial charge in [0.05, 0.1) is 0 Å². The number of likely N-dealkylation sites (N-methyl/N-ethyl adjacent to an activating group) is 1. The first-order valence-corrected chi connectivity index (χ1v) is 7.97. The van der Waals surface area contributed by atoms with Crippen LogP contribution in [0.15, 0.2) is 24.3 Å². The molecule has 22 heavy (non-hydrogen) atoms. The molecule has 2 heterocycles. The third-order valence-electron chi connectivity index (χ3n) is 4.79. The number of nitrogens with zero attached hydrogens (tertiary/aromatic N) is 3. The van der Waals surface area contributed by atoms with Crippen molar-refractivity contribution in [2.24, 2.45) is 0 Å². The molecule has 2 atom stereocenters. The van der Waals surface area contributed by atoms with Crippen LogP contribution < -0.4 is 0 Å². The molecule has 0 aliphatic carbocycles. The maximum atomic E-state index is 13.3. The molecule has 0 radical (unpaired) electrons. The number of hydrogen-bond donors (Lipinski definition) is 0. The molecular formula is C17H24FN3O. The maximum Gasteiger partial charge on any atom is 0.224 e. The Hall–Kier alpha value is -1.46. The molecule has 2 aliphatic rings. The first-order valence-electron chi connectivity index (χ1n) is 7.97. The average molecular weight is 305 g/mol. The summed E-state index contributed by atoms with van der Waals surface area (Å²) in [6.07, 6.45) is 1.63. The summed E-state index contributed by atoms with van der Waals surface area (Å²) in [5.74, 6) is 0.0733. The van der Waals surface area contributed by atoms with Crippen molar-refractivity contribution in [2.45, 2.75) is 31.5 Å². The van der Waals surface area contributed by atoms with Gasteiger partial charge >= 0.3 is 0 Å². The van der Waals surface area contributed by atoms with E-state index < -0.39 is 0 Å². The summed E-state index contributed by atoms with van der Waals surface area (Å²) >= 11 is 0. The molecule has 5 heteroatoms. The fourth-order valence-corrected chi connectivity index (χ4v) is 3.67. The predicted molar refractivity (Wildman–Crippen MR) is 83.9 cm³/mol. The zero-order valence-corrected chi connectivity index (χ0v) is 13.3. The van der Waals surface area contributed by atoms with Crippen LogP contribution in [0.4, 0.5) is 4.39 Å². The van der Waals surface area contributed by atoms with Crippen LogP contribution in [-0.2, 0) is 11.3 Å². The highest BCUT2D eigenvalue weighted by Gasteiger charge is 2.46. The Kier molecular flexibility index (Phi) is 4.45. The van der Waals surface area contributed by atoms with Gasteiger partial charge in [0, 0.05) is 44.7 Å². The molecule has 0 aromatic heterocycles. The molecule has 2 fully saturated rings.